The normalized spacial score (nSPS) is 21.2. The quantitative estimate of drug-likeness (QED) is 0.475. The number of rotatable bonds is 7. The van der Waals surface area contributed by atoms with Crippen molar-refractivity contribution in [2.75, 3.05) is 6.54 Å². The number of alkyl halides is 2. The van der Waals surface area contributed by atoms with Crippen molar-refractivity contribution in [1.29, 1.82) is 0 Å². The number of fused-ring (bicyclic) bond motifs is 1. The van der Waals surface area contributed by atoms with Crippen LogP contribution in [0, 0.1) is 11.8 Å². The largest absolute Gasteiger partial charge is 0.356 e. The van der Waals surface area contributed by atoms with Gasteiger partial charge in [-0.15, -0.1) is 0 Å². The minimum absolute atomic E-state index is 0.0396. The summed E-state index contributed by atoms with van der Waals surface area (Å²) in [7, 11) is 0. The van der Waals surface area contributed by atoms with Gasteiger partial charge in [-0.25, -0.2) is 18.7 Å². The van der Waals surface area contributed by atoms with E-state index in [9.17, 15) is 18.4 Å². The minimum Gasteiger partial charge on any atom is -0.356 e. The van der Waals surface area contributed by atoms with Crippen LogP contribution in [0.3, 0.4) is 0 Å². The fourth-order valence-corrected chi connectivity index (χ4v) is 5.10. The molecule has 1 aliphatic carbocycles. The number of carbonyl (C=O) groups excluding carboxylic acids is 2. The molecule has 3 N–H and O–H groups in total. The highest BCUT2D eigenvalue weighted by molar-refractivity contribution is 5.92. The Kier molecular flexibility index (Phi) is 6.24. The predicted octanol–water partition coefficient (Wildman–Crippen LogP) is 3.15. The van der Waals surface area contributed by atoms with E-state index in [0.29, 0.717) is 42.2 Å². The summed E-state index contributed by atoms with van der Waals surface area (Å²) in [4.78, 5) is 37.6. The summed E-state index contributed by atoms with van der Waals surface area (Å²) in [5, 5.41) is 10.0. The molecule has 0 bridgehead atoms. The number of nitrogens with one attached hydrogen (secondary N) is 3. The molecule has 35 heavy (non-hydrogen) atoms. The Hall–Kier alpha value is -3.37. The molecule has 2 fully saturated rings. The van der Waals surface area contributed by atoms with Gasteiger partial charge in [-0.3, -0.25) is 14.3 Å². The Balaban J connectivity index is 1.42. The number of pyridine rings is 1. The number of halogens is 2. The number of aromatic nitrogens is 5. The van der Waals surface area contributed by atoms with E-state index in [0.717, 1.165) is 12.1 Å². The molecule has 0 radical (unpaired) electrons. The van der Waals surface area contributed by atoms with E-state index in [4.69, 9.17) is 0 Å². The average molecular weight is 486 g/mol. The first-order valence-electron chi connectivity index (χ1n) is 12.2. The molecule has 0 aromatic carbocycles. The van der Waals surface area contributed by atoms with Gasteiger partial charge < -0.3 is 15.6 Å². The molecule has 186 valence electrons. The van der Waals surface area contributed by atoms with Crippen molar-refractivity contribution in [3.8, 4) is 0 Å². The van der Waals surface area contributed by atoms with Crippen LogP contribution >= 0.6 is 0 Å². The van der Waals surface area contributed by atoms with Gasteiger partial charge in [0, 0.05) is 50.2 Å². The molecule has 4 heterocycles. The molecule has 1 aliphatic heterocycles. The molecule has 2 aliphatic rings. The minimum atomic E-state index is -2.68. The van der Waals surface area contributed by atoms with E-state index < -0.39 is 12.0 Å². The van der Waals surface area contributed by atoms with Gasteiger partial charge >= 0.3 is 0 Å². The number of hydrogen-bond acceptors (Lipinski definition) is 5. The monoisotopic (exact) mass is 485 g/mol. The van der Waals surface area contributed by atoms with Gasteiger partial charge in [0.05, 0.1) is 11.6 Å². The highest BCUT2D eigenvalue weighted by atomic mass is 19.3. The molecule has 2 amide bonds. The Morgan fingerprint density at radius 1 is 1.23 bits per heavy atom. The highest BCUT2D eigenvalue weighted by Crippen LogP contribution is 2.41. The fraction of sp³-hybridized carbons (Fsp3) is 0.542. The molecule has 1 unspecified atom stereocenters. The number of H-pyrrole nitrogens is 1. The zero-order valence-electron chi connectivity index (χ0n) is 19.6. The van der Waals surface area contributed by atoms with Crippen LogP contribution in [0.5, 0.6) is 0 Å². The third kappa shape index (κ3) is 4.89. The third-order valence-corrected chi connectivity index (χ3v) is 7.10. The van der Waals surface area contributed by atoms with E-state index in [2.05, 4.69) is 30.7 Å². The van der Waals surface area contributed by atoms with Gasteiger partial charge in [0.15, 0.2) is 5.65 Å². The van der Waals surface area contributed by atoms with Crippen molar-refractivity contribution in [1.82, 2.24) is 35.4 Å². The summed E-state index contributed by atoms with van der Waals surface area (Å²) in [5.74, 6) is -2.76. The van der Waals surface area contributed by atoms with Crippen molar-refractivity contribution in [3.63, 3.8) is 0 Å². The number of hydrogen-bond donors (Lipinski definition) is 3. The zero-order chi connectivity index (χ0) is 24.6. The second-order valence-corrected chi connectivity index (χ2v) is 9.45. The van der Waals surface area contributed by atoms with Crippen molar-refractivity contribution in [3.05, 3.63) is 41.6 Å². The first-order chi connectivity index (χ1) is 16.8. The van der Waals surface area contributed by atoms with Crippen molar-refractivity contribution in [2.45, 2.75) is 64.0 Å². The Bertz CT molecular complexity index is 1230. The van der Waals surface area contributed by atoms with Crippen LogP contribution in [0.1, 0.15) is 67.1 Å². The maximum Gasteiger partial charge on any atom is 0.270 e. The maximum absolute atomic E-state index is 13.9. The second-order valence-electron chi connectivity index (χ2n) is 9.45. The summed E-state index contributed by atoms with van der Waals surface area (Å²) in [5.41, 5.74) is 2.35. The van der Waals surface area contributed by atoms with E-state index >= 15 is 0 Å². The lowest BCUT2D eigenvalue weighted by Gasteiger charge is -2.33. The standard InChI is InChI=1S/C24H29F2N7O2/c1-2-33-18(8-12-28-33)23(35)31-19(14-5-9-24(25,26)10-6-14)21-30-17-4-3-16(29-20(17)32-21)13-15-7-11-27-22(15)34/h3-4,8,12,14-15,19H,2,5-7,9-11,13H2,1H3,(H,27,34)(H,31,35)(H,29,30,32)/t15?,19-/m0/s1. The molecular formula is C24H29F2N7O2. The molecule has 9 nitrogen and oxygen atoms in total. The summed E-state index contributed by atoms with van der Waals surface area (Å²) < 4.78 is 29.3. The van der Waals surface area contributed by atoms with E-state index in [-0.39, 0.29) is 49.3 Å². The number of carbonyl (C=O) groups is 2. The topological polar surface area (TPSA) is 118 Å². The lowest BCUT2D eigenvalue weighted by Crippen LogP contribution is -2.38. The molecule has 3 aromatic heterocycles. The third-order valence-electron chi connectivity index (χ3n) is 7.10. The first-order valence-corrected chi connectivity index (χ1v) is 12.2. The zero-order valence-corrected chi connectivity index (χ0v) is 19.6. The van der Waals surface area contributed by atoms with Crippen LogP contribution in [0.4, 0.5) is 8.78 Å². The first kappa shape index (κ1) is 23.4. The van der Waals surface area contributed by atoms with Crippen LogP contribution in [0.25, 0.3) is 11.2 Å². The Labute approximate surface area is 201 Å². The van der Waals surface area contributed by atoms with Gasteiger partial charge in [-0.05, 0) is 50.3 Å². The average Bonchev–Trinajstić information content (AvgIpc) is 3.57. The lowest BCUT2D eigenvalue weighted by molar-refractivity contribution is -0.122. The SMILES string of the molecule is CCn1nccc1C(=O)N[C@H](c1nc2nc(CC3CCNC3=O)ccc2[nH]1)C1CCC(F)(F)CC1. The summed E-state index contributed by atoms with van der Waals surface area (Å²) in [6.07, 6.45) is 2.98. The lowest BCUT2D eigenvalue weighted by atomic mass is 9.81. The molecule has 1 saturated heterocycles. The predicted molar refractivity (Wildman–Crippen MR) is 124 cm³/mol. The molecule has 0 spiro atoms. The molecule has 1 saturated carbocycles. The fourth-order valence-electron chi connectivity index (χ4n) is 5.10. The van der Waals surface area contributed by atoms with Gasteiger partial charge in [0.25, 0.3) is 5.91 Å². The van der Waals surface area contributed by atoms with E-state index in [1.54, 1.807) is 16.9 Å². The van der Waals surface area contributed by atoms with Crippen molar-refractivity contribution in [2.24, 2.45) is 11.8 Å². The van der Waals surface area contributed by atoms with Crippen LogP contribution in [-0.4, -0.2) is 49.0 Å². The van der Waals surface area contributed by atoms with E-state index in [1.165, 1.54) is 0 Å². The molecule has 3 aromatic rings. The second kappa shape index (κ2) is 9.35. The summed E-state index contributed by atoms with van der Waals surface area (Å²) >= 11 is 0. The molecule has 5 rings (SSSR count). The van der Waals surface area contributed by atoms with Crippen molar-refractivity contribution < 1.29 is 18.4 Å². The number of imidazole rings is 1. The van der Waals surface area contributed by atoms with Crippen LogP contribution < -0.4 is 10.6 Å². The van der Waals surface area contributed by atoms with Gasteiger partial charge in [0.1, 0.15) is 11.5 Å². The smallest absolute Gasteiger partial charge is 0.270 e. The molecule has 11 heteroatoms. The summed E-state index contributed by atoms with van der Waals surface area (Å²) in [6, 6.07) is 4.79. The van der Waals surface area contributed by atoms with Gasteiger partial charge in [-0.2, -0.15) is 5.10 Å². The number of amides is 2. The van der Waals surface area contributed by atoms with Crippen LogP contribution in [0.2, 0.25) is 0 Å². The van der Waals surface area contributed by atoms with Crippen LogP contribution in [0.15, 0.2) is 24.4 Å². The highest BCUT2D eigenvalue weighted by Gasteiger charge is 2.39. The summed E-state index contributed by atoms with van der Waals surface area (Å²) in [6.45, 7) is 3.10. The van der Waals surface area contributed by atoms with Gasteiger partial charge in [-0.1, -0.05) is 0 Å². The molecule has 2 atom stereocenters. The van der Waals surface area contributed by atoms with E-state index in [1.807, 2.05) is 19.1 Å². The Morgan fingerprint density at radius 3 is 2.74 bits per heavy atom. The molecular weight excluding hydrogens is 456 g/mol. The van der Waals surface area contributed by atoms with Crippen LogP contribution in [-0.2, 0) is 17.8 Å². The maximum atomic E-state index is 13.9. The number of nitrogens with zero attached hydrogens (tertiary/aromatic N) is 4. The Morgan fingerprint density at radius 2 is 2.03 bits per heavy atom. The number of aromatic amines is 1. The van der Waals surface area contributed by atoms with Crippen molar-refractivity contribution >= 4 is 23.0 Å². The van der Waals surface area contributed by atoms with Gasteiger partial charge in [0.2, 0.25) is 11.8 Å². The number of aryl methyl sites for hydroxylation is 1.